The normalized spacial score (nSPS) is 11.4. The summed E-state index contributed by atoms with van der Waals surface area (Å²) >= 11 is 0. The average molecular weight is 374 g/mol. The Kier molecular flexibility index (Phi) is 22.8. The molecule has 0 heterocycles. The third kappa shape index (κ3) is 25.1. The maximum atomic E-state index is 10.4. The van der Waals surface area contributed by atoms with Gasteiger partial charge in [0, 0.05) is 6.54 Å². The largest absolute Gasteiger partial charge is 1.00 e. The molecule has 0 amide bonds. The van der Waals surface area contributed by atoms with E-state index in [1.54, 1.807) is 0 Å². The molecule has 0 bridgehead atoms. The van der Waals surface area contributed by atoms with Gasteiger partial charge in [0.2, 0.25) is 0 Å². The maximum Gasteiger partial charge on any atom is 1.00 e. The van der Waals surface area contributed by atoms with E-state index in [9.17, 15) is 8.42 Å². The van der Waals surface area contributed by atoms with Crippen molar-refractivity contribution in [3.8, 4) is 0 Å². The number of rotatable bonds is 18. The van der Waals surface area contributed by atoms with Crippen LogP contribution in [0.3, 0.4) is 0 Å². The van der Waals surface area contributed by atoms with Crippen LogP contribution in [0.2, 0.25) is 0 Å². The number of hydrogen-bond donors (Lipinski definition) is 2. The topological polar surface area (TPSA) is 66.4 Å². The molecule has 0 rings (SSSR count). The maximum absolute atomic E-state index is 10.4. The molecule has 2 N–H and O–H groups in total. The summed E-state index contributed by atoms with van der Waals surface area (Å²) in [6.07, 6.45) is 20.8. The Morgan fingerprint density at radius 1 is 0.667 bits per heavy atom. The Morgan fingerprint density at radius 3 is 1.25 bits per heavy atom. The van der Waals surface area contributed by atoms with Crippen LogP contribution < -0.4 is 34.3 Å². The van der Waals surface area contributed by atoms with Gasteiger partial charge in [-0.1, -0.05) is 103 Å². The predicted molar refractivity (Wildman–Crippen MR) is 100 cm³/mol. The molecule has 0 unspecified atom stereocenters. The van der Waals surface area contributed by atoms with E-state index in [1.807, 2.05) is 0 Å². The summed E-state index contributed by atoms with van der Waals surface area (Å²) in [4.78, 5) is 0. The molecule has 0 fully saturated rings. The second-order valence-corrected chi connectivity index (χ2v) is 7.91. The summed E-state index contributed by atoms with van der Waals surface area (Å²) in [6.45, 7) is 2.61. The van der Waals surface area contributed by atoms with Gasteiger partial charge in [-0.25, -0.2) is 0 Å². The number of nitrogens with one attached hydrogen (secondary N) is 1. The van der Waals surface area contributed by atoms with E-state index in [-0.39, 0.29) is 31.0 Å². The molecule has 0 atom stereocenters. The van der Waals surface area contributed by atoms with Gasteiger partial charge in [0.05, 0.1) is 0 Å². The molecule has 0 aromatic carbocycles. The summed E-state index contributed by atoms with van der Waals surface area (Å²) in [6, 6.07) is 0. The van der Waals surface area contributed by atoms with Crippen molar-refractivity contribution in [3.63, 3.8) is 0 Å². The van der Waals surface area contributed by atoms with E-state index in [2.05, 4.69) is 11.6 Å². The summed E-state index contributed by atoms with van der Waals surface area (Å²) < 4.78 is 31.5. The second kappa shape index (κ2) is 20.2. The van der Waals surface area contributed by atoms with E-state index in [4.69, 9.17) is 4.55 Å². The molecule has 6 heteroatoms. The fraction of sp³-hybridized carbons (Fsp3) is 1.00. The van der Waals surface area contributed by atoms with Crippen LogP contribution in [0, 0.1) is 0 Å². The van der Waals surface area contributed by atoms with Crippen LogP contribution in [0.25, 0.3) is 0 Å². The van der Waals surface area contributed by atoms with Crippen LogP contribution in [-0.2, 0) is 10.3 Å². The van der Waals surface area contributed by atoms with Crippen molar-refractivity contribution in [3.05, 3.63) is 0 Å². The van der Waals surface area contributed by atoms with Gasteiger partial charge < -0.3 is 1.43 Å². The zero-order valence-corrected chi connectivity index (χ0v) is 19.0. The Balaban J connectivity index is -0.00000242. The first kappa shape index (κ1) is 27.1. The first-order chi connectivity index (χ1) is 11.1. The minimum absolute atomic E-state index is 0. The van der Waals surface area contributed by atoms with Gasteiger partial charge in [-0.05, 0) is 6.42 Å². The van der Waals surface area contributed by atoms with Gasteiger partial charge >= 0.3 is 39.9 Å². The summed E-state index contributed by atoms with van der Waals surface area (Å²) in [5.41, 5.74) is 0. The molecule has 0 aromatic heterocycles. The first-order valence-corrected chi connectivity index (χ1v) is 11.2. The van der Waals surface area contributed by atoms with Crippen LogP contribution >= 0.6 is 0 Å². The molecule has 4 nitrogen and oxygen atoms in total. The van der Waals surface area contributed by atoms with E-state index in [1.165, 1.54) is 83.5 Å². The molecule has 0 spiro atoms. The molecule has 0 saturated heterocycles. The summed E-state index contributed by atoms with van der Waals surface area (Å²) in [5.74, 6) is 0. The Bertz CT molecular complexity index is 343. The molecule has 0 aliphatic carbocycles. The van der Waals surface area contributed by atoms with Crippen LogP contribution in [-0.4, -0.2) is 19.5 Å². The smallest absolute Gasteiger partial charge is 1.00 e. The van der Waals surface area contributed by atoms with Gasteiger partial charge in [-0.15, -0.1) is 0 Å². The molecule has 142 valence electrons. The third-order valence-electron chi connectivity index (χ3n) is 4.31. The van der Waals surface area contributed by atoms with Gasteiger partial charge in [0.25, 0.3) is 0 Å². The fourth-order valence-corrected chi connectivity index (χ4v) is 3.28. The fourth-order valence-electron chi connectivity index (χ4n) is 2.87. The Hall–Kier alpha value is 0.870. The van der Waals surface area contributed by atoms with Gasteiger partial charge in [-0.2, -0.15) is 13.1 Å². The van der Waals surface area contributed by atoms with Crippen LogP contribution in [0.5, 0.6) is 0 Å². The summed E-state index contributed by atoms with van der Waals surface area (Å²) in [5, 5.41) is 0. The number of hydrogen-bond acceptors (Lipinski definition) is 2. The molecular weight excluding hydrogens is 333 g/mol. The van der Waals surface area contributed by atoms with Gasteiger partial charge in [0.1, 0.15) is 0 Å². The minimum Gasteiger partial charge on any atom is -1.00 e. The molecule has 0 saturated carbocycles. The van der Waals surface area contributed by atoms with Crippen LogP contribution in [0.15, 0.2) is 0 Å². The van der Waals surface area contributed by atoms with Crippen molar-refractivity contribution in [2.45, 2.75) is 110 Å². The number of unbranched alkanes of at least 4 members (excludes halogenated alkanes) is 15. The van der Waals surface area contributed by atoms with E-state index >= 15 is 0 Å². The second-order valence-electron chi connectivity index (χ2n) is 6.67. The zero-order chi connectivity index (χ0) is 17.2. The molecule has 0 aliphatic rings. The molecule has 24 heavy (non-hydrogen) atoms. The van der Waals surface area contributed by atoms with E-state index in [0.29, 0.717) is 6.54 Å². The summed E-state index contributed by atoms with van der Waals surface area (Å²) in [7, 11) is -3.99. The van der Waals surface area contributed by atoms with Crippen molar-refractivity contribution in [1.82, 2.24) is 4.72 Å². The SMILES string of the molecule is CCCCCCCCCCCCCCCCCCNS(=O)(=O)O.[H-].[Na+]. The van der Waals surface area contributed by atoms with Gasteiger partial charge in [-0.3, -0.25) is 4.55 Å². The van der Waals surface area contributed by atoms with Crippen molar-refractivity contribution in [2.75, 3.05) is 6.54 Å². The monoisotopic (exact) mass is 373 g/mol. The van der Waals surface area contributed by atoms with Crippen molar-refractivity contribution < 1.29 is 44.0 Å². The minimum atomic E-state index is -3.99. The first-order valence-electron chi connectivity index (χ1n) is 9.78. The van der Waals surface area contributed by atoms with Crippen molar-refractivity contribution >= 4 is 10.3 Å². The zero-order valence-electron chi connectivity index (χ0n) is 17.2. The predicted octanol–water partition coefficient (Wildman–Crippen LogP) is 2.76. The Morgan fingerprint density at radius 2 is 0.958 bits per heavy atom. The molecular formula is C18H40NNaO3S. The van der Waals surface area contributed by atoms with Gasteiger partial charge in [0.15, 0.2) is 0 Å². The average Bonchev–Trinajstić information content (AvgIpc) is 2.49. The standard InChI is InChI=1S/C18H39NO3S.Na.H/c1-2-3-4-5-6-7-8-9-10-11-12-13-14-15-16-17-18-19-23(20,21)22;;/h19H,2-18H2,1H3,(H,20,21,22);;/q;+1;-1. The third-order valence-corrected chi connectivity index (χ3v) is 4.88. The molecule has 0 aromatic rings. The van der Waals surface area contributed by atoms with E-state index in [0.717, 1.165) is 19.3 Å². The van der Waals surface area contributed by atoms with E-state index < -0.39 is 10.3 Å². The van der Waals surface area contributed by atoms with Crippen LogP contribution in [0.1, 0.15) is 111 Å². The molecule has 0 aliphatic heterocycles. The quantitative estimate of drug-likeness (QED) is 0.221. The van der Waals surface area contributed by atoms with Crippen molar-refractivity contribution in [2.24, 2.45) is 0 Å². The Labute approximate surface area is 174 Å². The molecule has 0 radical (unpaired) electrons. The van der Waals surface area contributed by atoms with Crippen molar-refractivity contribution in [1.29, 1.82) is 0 Å². The van der Waals surface area contributed by atoms with Crippen LogP contribution in [0.4, 0.5) is 0 Å².